The Labute approximate surface area is 613 Å². The molecular formula is C81H158O17P2. The predicted octanol–water partition coefficient (Wildman–Crippen LogP) is 24.4. The lowest BCUT2D eigenvalue weighted by molar-refractivity contribution is -0.161. The molecule has 0 rings (SSSR count). The molecule has 0 aliphatic heterocycles. The summed E-state index contributed by atoms with van der Waals surface area (Å²) in [6.45, 7) is 7.39. The van der Waals surface area contributed by atoms with E-state index in [0.717, 1.165) is 95.8 Å². The van der Waals surface area contributed by atoms with Gasteiger partial charge in [0, 0.05) is 25.7 Å². The second kappa shape index (κ2) is 73.9. The van der Waals surface area contributed by atoms with Crippen LogP contribution in [0.15, 0.2) is 0 Å². The van der Waals surface area contributed by atoms with Crippen molar-refractivity contribution in [1.29, 1.82) is 0 Å². The molecule has 0 saturated carbocycles. The van der Waals surface area contributed by atoms with E-state index in [9.17, 15) is 43.2 Å². The zero-order chi connectivity index (χ0) is 73.4. The van der Waals surface area contributed by atoms with E-state index in [1.165, 1.54) is 257 Å². The molecule has 0 heterocycles. The monoisotopic (exact) mass is 1470 g/mol. The van der Waals surface area contributed by atoms with E-state index in [0.29, 0.717) is 25.7 Å². The lowest BCUT2D eigenvalue weighted by atomic mass is 9.99. The molecule has 17 nitrogen and oxygen atoms in total. The minimum Gasteiger partial charge on any atom is -0.462 e. The van der Waals surface area contributed by atoms with Gasteiger partial charge >= 0.3 is 39.5 Å². The molecule has 594 valence electrons. The van der Waals surface area contributed by atoms with Gasteiger partial charge in [-0.3, -0.25) is 37.3 Å². The molecule has 6 atom stereocenters. The summed E-state index contributed by atoms with van der Waals surface area (Å²) in [5, 5.41) is 10.6. The third-order valence-corrected chi connectivity index (χ3v) is 21.3. The van der Waals surface area contributed by atoms with Gasteiger partial charge in [0.25, 0.3) is 0 Å². The van der Waals surface area contributed by atoms with Crippen molar-refractivity contribution in [3.05, 3.63) is 0 Å². The summed E-state index contributed by atoms with van der Waals surface area (Å²) in [5.41, 5.74) is 0. The summed E-state index contributed by atoms with van der Waals surface area (Å²) in [5.74, 6) is -1.26. The molecule has 3 N–H and O–H groups in total. The van der Waals surface area contributed by atoms with Gasteiger partial charge in [0.15, 0.2) is 12.2 Å². The maximum atomic E-state index is 13.1. The molecular weight excluding hydrogens is 1310 g/mol. The summed E-state index contributed by atoms with van der Waals surface area (Å²) in [6.07, 6.45) is 65.0. The minimum absolute atomic E-state index is 0.109. The third kappa shape index (κ3) is 73.0. The van der Waals surface area contributed by atoms with Gasteiger partial charge in [0.2, 0.25) is 0 Å². The van der Waals surface area contributed by atoms with Crippen LogP contribution in [0.1, 0.15) is 433 Å². The number of esters is 4. The maximum Gasteiger partial charge on any atom is 0.472 e. The number of carbonyl (C=O) groups is 4. The number of hydrogen-bond acceptors (Lipinski definition) is 15. The number of phosphoric ester groups is 2. The van der Waals surface area contributed by atoms with Gasteiger partial charge in [-0.25, -0.2) is 9.13 Å². The zero-order valence-corrected chi connectivity index (χ0v) is 67.1. The molecule has 0 saturated heterocycles. The van der Waals surface area contributed by atoms with Crippen LogP contribution in [0.25, 0.3) is 0 Å². The van der Waals surface area contributed by atoms with E-state index in [1.807, 2.05) is 0 Å². The van der Waals surface area contributed by atoms with Crippen LogP contribution in [-0.4, -0.2) is 96.7 Å². The van der Waals surface area contributed by atoms with Gasteiger partial charge in [-0.15, -0.1) is 0 Å². The van der Waals surface area contributed by atoms with Crippen LogP contribution in [0.4, 0.5) is 0 Å². The summed E-state index contributed by atoms with van der Waals surface area (Å²) < 4.78 is 68.7. The molecule has 0 aliphatic rings. The molecule has 0 aromatic rings. The average Bonchev–Trinajstić information content (AvgIpc) is 0.984. The van der Waals surface area contributed by atoms with Crippen molar-refractivity contribution in [2.45, 2.75) is 451 Å². The normalized spacial score (nSPS) is 14.1. The van der Waals surface area contributed by atoms with Crippen molar-refractivity contribution in [1.82, 2.24) is 0 Å². The summed E-state index contributed by atoms with van der Waals surface area (Å²) in [6, 6.07) is 0. The maximum absolute atomic E-state index is 13.1. The van der Waals surface area contributed by atoms with Gasteiger partial charge < -0.3 is 33.8 Å². The highest BCUT2D eigenvalue weighted by atomic mass is 31.2. The number of aliphatic hydroxyl groups excluding tert-OH is 1. The van der Waals surface area contributed by atoms with Crippen LogP contribution in [0.2, 0.25) is 0 Å². The first-order chi connectivity index (χ1) is 48.6. The van der Waals surface area contributed by atoms with Crippen LogP contribution < -0.4 is 0 Å². The number of hydrogen-bond donors (Lipinski definition) is 3. The van der Waals surface area contributed by atoms with Crippen LogP contribution >= 0.6 is 15.6 Å². The van der Waals surface area contributed by atoms with E-state index in [2.05, 4.69) is 34.6 Å². The quantitative estimate of drug-likeness (QED) is 0.0222. The third-order valence-electron chi connectivity index (χ3n) is 19.4. The van der Waals surface area contributed by atoms with Crippen LogP contribution in [0, 0.1) is 5.92 Å². The highest BCUT2D eigenvalue weighted by molar-refractivity contribution is 7.47. The molecule has 0 aliphatic carbocycles. The fraction of sp³-hybridized carbons (Fsp3) is 0.951. The van der Waals surface area contributed by atoms with E-state index >= 15 is 0 Å². The number of phosphoric acid groups is 2. The van der Waals surface area contributed by atoms with Crippen molar-refractivity contribution in [3.8, 4) is 0 Å². The molecule has 100 heavy (non-hydrogen) atoms. The highest BCUT2D eigenvalue weighted by Crippen LogP contribution is 2.45. The second-order valence-electron chi connectivity index (χ2n) is 29.4. The number of carbonyl (C=O) groups excluding carboxylic acids is 4. The Morgan fingerprint density at radius 3 is 0.710 bits per heavy atom. The highest BCUT2D eigenvalue weighted by Gasteiger charge is 2.30. The fourth-order valence-electron chi connectivity index (χ4n) is 12.6. The first-order valence-electron chi connectivity index (χ1n) is 42.2. The standard InChI is InChI=1S/C81H158O17P2/c1-6-10-13-16-19-22-25-27-29-30-31-36-40-45-50-55-60-65-79(84)92-71-77(98-81(86)67-62-57-52-47-42-37-33-32-34-39-43-48-53-58-63-74(5)9-4)73-96-100(89,90)94-69-75(82)68-93-99(87,88)95-72-76(70-91-78(83)64-59-54-49-44-38-24-21-18-15-12-8-3)97-80(85)66-61-56-51-46-41-35-28-26-23-20-17-14-11-7-2/h74-77,82H,6-73H2,1-5H3,(H,87,88)(H,89,90)/t74?,75-,76+,77+/m0/s1. The van der Waals surface area contributed by atoms with Gasteiger partial charge in [0.05, 0.1) is 26.4 Å². The minimum atomic E-state index is -4.96. The molecule has 0 fully saturated rings. The van der Waals surface area contributed by atoms with Gasteiger partial charge in [-0.05, 0) is 31.6 Å². The van der Waals surface area contributed by atoms with Crippen LogP contribution in [0.5, 0.6) is 0 Å². The van der Waals surface area contributed by atoms with Crippen molar-refractivity contribution in [2.75, 3.05) is 39.6 Å². The predicted molar refractivity (Wildman–Crippen MR) is 409 cm³/mol. The van der Waals surface area contributed by atoms with E-state index in [4.69, 9.17) is 37.0 Å². The van der Waals surface area contributed by atoms with Crippen LogP contribution in [0.3, 0.4) is 0 Å². The summed E-state index contributed by atoms with van der Waals surface area (Å²) >= 11 is 0. The molecule has 0 aromatic carbocycles. The SMILES string of the molecule is CCCCCCCCCCCCCCCCCCCC(=O)OC[C@H](COP(=O)(O)OC[C@@H](O)COP(=O)(O)OC[C@@H](COC(=O)CCCCCCCCCCCCC)OC(=O)CCCCCCCCCCCCCCCC)OC(=O)CCCCCCCCCCCCCCCCC(C)CC. The van der Waals surface area contributed by atoms with Crippen LogP contribution in [-0.2, 0) is 65.4 Å². The van der Waals surface area contributed by atoms with E-state index in [-0.39, 0.29) is 25.7 Å². The first kappa shape index (κ1) is 98.1. The Bertz CT molecular complexity index is 1910. The van der Waals surface area contributed by atoms with Crippen molar-refractivity contribution >= 4 is 39.5 Å². The average molecular weight is 1470 g/mol. The number of unbranched alkanes of at least 4 members (excludes halogenated alkanes) is 52. The molecule has 0 spiro atoms. The van der Waals surface area contributed by atoms with Crippen molar-refractivity contribution in [2.24, 2.45) is 5.92 Å². The number of aliphatic hydroxyl groups is 1. The Kier molecular flexibility index (Phi) is 72.5. The Morgan fingerprint density at radius 1 is 0.280 bits per heavy atom. The van der Waals surface area contributed by atoms with Crippen molar-refractivity contribution < 1.29 is 80.2 Å². The lowest BCUT2D eigenvalue weighted by Crippen LogP contribution is -2.30. The molecule has 3 unspecified atom stereocenters. The molecule has 19 heteroatoms. The van der Waals surface area contributed by atoms with Gasteiger partial charge in [0.1, 0.15) is 19.3 Å². The van der Waals surface area contributed by atoms with Crippen molar-refractivity contribution in [3.63, 3.8) is 0 Å². The second-order valence-corrected chi connectivity index (χ2v) is 32.3. The summed E-state index contributed by atoms with van der Waals surface area (Å²) in [7, 11) is -9.92. The molecule has 0 bridgehead atoms. The lowest BCUT2D eigenvalue weighted by Gasteiger charge is -2.21. The van der Waals surface area contributed by atoms with Gasteiger partial charge in [-0.2, -0.15) is 0 Å². The molecule has 0 radical (unpaired) electrons. The number of rotatable bonds is 81. The Balaban J connectivity index is 5.25. The fourth-order valence-corrected chi connectivity index (χ4v) is 14.1. The number of ether oxygens (including phenoxy) is 4. The topological polar surface area (TPSA) is 237 Å². The Hall–Kier alpha value is -1.94. The van der Waals surface area contributed by atoms with E-state index in [1.54, 1.807) is 0 Å². The van der Waals surface area contributed by atoms with Gasteiger partial charge in [-0.1, -0.05) is 381 Å². The zero-order valence-electron chi connectivity index (χ0n) is 65.3. The molecule has 0 amide bonds. The Morgan fingerprint density at radius 2 is 0.480 bits per heavy atom. The van der Waals surface area contributed by atoms with E-state index < -0.39 is 97.5 Å². The molecule has 0 aromatic heterocycles. The first-order valence-corrected chi connectivity index (χ1v) is 45.2. The largest absolute Gasteiger partial charge is 0.472 e. The summed E-state index contributed by atoms with van der Waals surface area (Å²) in [4.78, 5) is 73.0. The smallest absolute Gasteiger partial charge is 0.462 e.